The van der Waals surface area contributed by atoms with Gasteiger partial charge in [-0.05, 0) is 41.7 Å². The fourth-order valence-electron chi connectivity index (χ4n) is 2.08. The van der Waals surface area contributed by atoms with Gasteiger partial charge in [0.2, 0.25) is 0 Å². The second-order valence-electron chi connectivity index (χ2n) is 4.15. The number of hydrogen-bond acceptors (Lipinski definition) is 0. The molecule has 0 spiro atoms. The SMILES string of the molecule is Cc1ccccc1-c1cccc(C)c1C(Cl)Cl. The van der Waals surface area contributed by atoms with E-state index in [1.807, 2.05) is 31.2 Å². The van der Waals surface area contributed by atoms with Gasteiger partial charge in [-0.15, -0.1) is 23.2 Å². The topological polar surface area (TPSA) is 0 Å². The van der Waals surface area contributed by atoms with Crippen LogP contribution in [0.5, 0.6) is 0 Å². The van der Waals surface area contributed by atoms with Crippen LogP contribution in [0.3, 0.4) is 0 Å². The minimum absolute atomic E-state index is 0.495. The van der Waals surface area contributed by atoms with Crippen molar-refractivity contribution in [2.75, 3.05) is 0 Å². The molecule has 0 amide bonds. The Morgan fingerprint density at radius 1 is 0.765 bits per heavy atom. The van der Waals surface area contributed by atoms with E-state index in [0.717, 1.165) is 16.7 Å². The maximum atomic E-state index is 6.08. The Hall–Kier alpha value is -0.980. The van der Waals surface area contributed by atoms with Gasteiger partial charge >= 0.3 is 0 Å². The summed E-state index contributed by atoms with van der Waals surface area (Å²) in [5.41, 5.74) is 5.68. The van der Waals surface area contributed by atoms with Crippen LogP contribution in [-0.4, -0.2) is 0 Å². The van der Waals surface area contributed by atoms with E-state index in [0.29, 0.717) is 0 Å². The van der Waals surface area contributed by atoms with Crippen molar-refractivity contribution in [2.45, 2.75) is 18.7 Å². The largest absolute Gasteiger partial charge is 0.133 e. The van der Waals surface area contributed by atoms with E-state index < -0.39 is 4.84 Å². The molecule has 0 saturated heterocycles. The molecule has 0 atom stereocenters. The van der Waals surface area contributed by atoms with E-state index in [9.17, 15) is 0 Å². The fourth-order valence-corrected chi connectivity index (χ4v) is 2.66. The van der Waals surface area contributed by atoms with Crippen molar-refractivity contribution < 1.29 is 0 Å². The van der Waals surface area contributed by atoms with Gasteiger partial charge in [0.15, 0.2) is 0 Å². The second kappa shape index (κ2) is 5.12. The van der Waals surface area contributed by atoms with Gasteiger partial charge in [-0.2, -0.15) is 0 Å². The summed E-state index contributed by atoms with van der Waals surface area (Å²) in [4.78, 5) is -0.495. The highest BCUT2D eigenvalue weighted by Crippen LogP contribution is 2.37. The Balaban J connectivity index is 2.68. The third kappa shape index (κ3) is 2.48. The molecule has 88 valence electrons. The van der Waals surface area contributed by atoms with Gasteiger partial charge in [0.05, 0.1) is 0 Å². The van der Waals surface area contributed by atoms with E-state index in [2.05, 4.69) is 25.1 Å². The Labute approximate surface area is 112 Å². The summed E-state index contributed by atoms with van der Waals surface area (Å²) in [6.07, 6.45) is 0. The first kappa shape index (κ1) is 12.5. The molecule has 2 aromatic rings. The van der Waals surface area contributed by atoms with Crippen LogP contribution >= 0.6 is 23.2 Å². The molecule has 0 bridgehead atoms. The van der Waals surface area contributed by atoms with Gasteiger partial charge in [-0.1, -0.05) is 42.5 Å². The summed E-state index contributed by atoms with van der Waals surface area (Å²) in [6.45, 7) is 4.13. The second-order valence-corrected chi connectivity index (χ2v) is 5.25. The van der Waals surface area contributed by atoms with E-state index in [1.54, 1.807) is 0 Å². The highest BCUT2D eigenvalue weighted by Gasteiger charge is 2.14. The lowest BCUT2D eigenvalue weighted by Crippen LogP contribution is -1.94. The van der Waals surface area contributed by atoms with E-state index in [1.165, 1.54) is 11.1 Å². The van der Waals surface area contributed by atoms with Crippen LogP contribution in [-0.2, 0) is 0 Å². The van der Waals surface area contributed by atoms with Crippen LogP contribution in [0.25, 0.3) is 11.1 Å². The predicted molar refractivity (Wildman–Crippen MR) is 75.8 cm³/mol. The zero-order valence-electron chi connectivity index (χ0n) is 9.87. The Kier molecular flexibility index (Phi) is 3.76. The lowest BCUT2D eigenvalue weighted by Gasteiger charge is -2.15. The summed E-state index contributed by atoms with van der Waals surface area (Å²) < 4.78 is 0. The van der Waals surface area contributed by atoms with Crippen LogP contribution in [0.2, 0.25) is 0 Å². The number of aryl methyl sites for hydroxylation is 2. The third-order valence-electron chi connectivity index (χ3n) is 2.98. The molecule has 0 aliphatic rings. The molecular weight excluding hydrogens is 251 g/mol. The van der Waals surface area contributed by atoms with Gasteiger partial charge in [0.25, 0.3) is 0 Å². The van der Waals surface area contributed by atoms with Crippen molar-refractivity contribution in [1.29, 1.82) is 0 Å². The van der Waals surface area contributed by atoms with Crippen LogP contribution in [0.4, 0.5) is 0 Å². The summed E-state index contributed by atoms with van der Waals surface area (Å²) in [6, 6.07) is 14.4. The minimum atomic E-state index is -0.495. The monoisotopic (exact) mass is 264 g/mol. The molecule has 0 aromatic heterocycles. The summed E-state index contributed by atoms with van der Waals surface area (Å²) in [5, 5.41) is 0. The highest BCUT2D eigenvalue weighted by molar-refractivity contribution is 6.44. The van der Waals surface area contributed by atoms with Gasteiger partial charge < -0.3 is 0 Å². The van der Waals surface area contributed by atoms with E-state index >= 15 is 0 Å². The zero-order valence-corrected chi connectivity index (χ0v) is 11.4. The Morgan fingerprint density at radius 2 is 1.35 bits per heavy atom. The Bertz CT molecular complexity index is 530. The average Bonchev–Trinajstić information content (AvgIpc) is 2.28. The maximum Gasteiger partial charge on any atom is 0.133 e. The molecule has 0 unspecified atom stereocenters. The van der Waals surface area contributed by atoms with Crippen molar-refractivity contribution in [3.05, 3.63) is 59.2 Å². The summed E-state index contributed by atoms with van der Waals surface area (Å²) in [5.74, 6) is 0. The van der Waals surface area contributed by atoms with Gasteiger partial charge in [-0.3, -0.25) is 0 Å². The molecular formula is C15H14Cl2. The number of benzene rings is 2. The lowest BCUT2D eigenvalue weighted by molar-refractivity contribution is 1.26. The molecule has 2 heteroatoms. The van der Waals surface area contributed by atoms with Crippen LogP contribution in [0.15, 0.2) is 42.5 Å². The fraction of sp³-hybridized carbons (Fsp3) is 0.200. The van der Waals surface area contributed by atoms with Crippen molar-refractivity contribution >= 4 is 23.2 Å². The molecule has 2 aromatic carbocycles. The summed E-state index contributed by atoms with van der Waals surface area (Å²) >= 11 is 12.2. The first-order chi connectivity index (χ1) is 8.11. The number of alkyl halides is 2. The summed E-state index contributed by atoms with van der Waals surface area (Å²) in [7, 11) is 0. The molecule has 0 fully saturated rings. The molecule has 0 saturated carbocycles. The minimum Gasteiger partial charge on any atom is -0.100 e. The normalized spacial score (nSPS) is 10.9. The lowest BCUT2D eigenvalue weighted by atomic mass is 9.94. The number of rotatable bonds is 2. The smallest absolute Gasteiger partial charge is 0.100 e. The van der Waals surface area contributed by atoms with Crippen LogP contribution < -0.4 is 0 Å². The highest BCUT2D eigenvalue weighted by atomic mass is 35.5. The quantitative estimate of drug-likeness (QED) is 0.633. The average molecular weight is 265 g/mol. The molecule has 0 aliphatic carbocycles. The molecule has 0 N–H and O–H groups in total. The van der Waals surface area contributed by atoms with Crippen molar-refractivity contribution in [3.8, 4) is 11.1 Å². The maximum absolute atomic E-state index is 6.08. The van der Waals surface area contributed by atoms with Gasteiger partial charge in [-0.25, -0.2) is 0 Å². The van der Waals surface area contributed by atoms with E-state index in [-0.39, 0.29) is 0 Å². The Morgan fingerprint density at radius 3 is 2.00 bits per heavy atom. The number of halogens is 2. The first-order valence-corrected chi connectivity index (χ1v) is 6.42. The third-order valence-corrected chi connectivity index (χ3v) is 3.41. The van der Waals surface area contributed by atoms with Crippen molar-refractivity contribution in [3.63, 3.8) is 0 Å². The number of hydrogen-bond donors (Lipinski definition) is 0. The first-order valence-electron chi connectivity index (χ1n) is 5.55. The van der Waals surface area contributed by atoms with Gasteiger partial charge in [0.1, 0.15) is 4.84 Å². The molecule has 0 aliphatic heterocycles. The molecule has 0 heterocycles. The van der Waals surface area contributed by atoms with Crippen LogP contribution in [0, 0.1) is 13.8 Å². The van der Waals surface area contributed by atoms with E-state index in [4.69, 9.17) is 23.2 Å². The molecule has 17 heavy (non-hydrogen) atoms. The van der Waals surface area contributed by atoms with Crippen molar-refractivity contribution in [2.24, 2.45) is 0 Å². The molecule has 0 nitrogen and oxygen atoms in total. The predicted octanol–water partition coefficient (Wildman–Crippen LogP) is 5.45. The van der Waals surface area contributed by atoms with Crippen LogP contribution in [0.1, 0.15) is 21.5 Å². The van der Waals surface area contributed by atoms with Crippen molar-refractivity contribution in [1.82, 2.24) is 0 Å². The van der Waals surface area contributed by atoms with Gasteiger partial charge in [0, 0.05) is 0 Å². The molecule has 0 radical (unpaired) electrons. The zero-order chi connectivity index (χ0) is 12.4. The standard InChI is InChI=1S/C15H14Cl2/c1-10-6-3-4-8-12(10)13-9-5-7-11(2)14(13)15(16)17/h3-9,15H,1-2H3. The molecule has 2 rings (SSSR count).